The van der Waals surface area contributed by atoms with Gasteiger partial charge in [-0.2, -0.15) is 0 Å². The van der Waals surface area contributed by atoms with Gasteiger partial charge >= 0.3 is 8.56 Å². The number of unbranched alkanes of at least 4 members (excludes halogenated alkanes) is 2. The Morgan fingerprint density at radius 3 is 2.21 bits per heavy atom. The minimum Gasteiger partial charge on any atom is -0.409 e. The van der Waals surface area contributed by atoms with Crippen LogP contribution in [0.25, 0.3) is 0 Å². The van der Waals surface area contributed by atoms with E-state index >= 15 is 0 Å². The molecule has 0 bridgehead atoms. The van der Waals surface area contributed by atoms with Crippen LogP contribution in [-0.4, -0.2) is 98.3 Å². The van der Waals surface area contributed by atoms with E-state index in [4.69, 9.17) is 14.2 Å². The third-order valence-corrected chi connectivity index (χ3v) is 13.4. The molecule has 52 heavy (non-hydrogen) atoms. The SMILES string of the molecule is CCCCNC(=O)[C@H](C[Si](O)(O)[C@H](CC1CCCCC1)NC(=O)[C@H](CCCC)O[C@@H](Cc1ccccc1)C(=O)N1CCC(OCOC)CC1)C(C)C. The van der Waals surface area contributed by atoms with Crippen molar-refractivity contribution < 1.29 is 38.2 Å². The van der Waals surface area contributed by atoms with E-state index in [1.54, 1.807) is 12.0 Å². The first kappa shape index (κ1) is 44.0. The quantitative estimate of drug-likeness (QED) is 0.0662. The number of hydrogen-bond acceptors (Lipinski definition) is 8. The largest absolute Gasteiger partial charge is 0.409 e. The third-order valence-electron chi connectivity index (χ3n) is 10.8. The highest BCUT2D eigenvalue weighted by Crippen LogP contribution is 2.32. The van der Waals surface area contributed by atoms with Crippen molar-refractivity contribution in [1.82, 2.24) is 15.5 Å². The lowest BCUT2D eigenvalue weighted by atomic mass is 9.87. The van der Waals surface area contributed by atoms with Gasteiger partial charge in [0.1, 0.15) is 19.0 Å². The van der Waals surface area contributed by atoms with Crippen molar-refractivity contribution in [2.24, 2.45) is 17.8 Å². The number of rotatable bonds is 23. The summed E-state index contributed by atoms with van der Waals surface area (Å²) in [6.07, 6.45) is 9.25. The molecule has 1 aromatic rings. The first-order valence-electron chi connectivity index (χ1n) is 20.1. The van der Waals surface area contributed by atoms with E-state index < -0.39 is 38.3 Å². The van der Waals surface area contributed by atoms with Crippen molar-refractivity contribution in [1.29, 1.82) is 0 Å². The number of ether oxygens (including phenoxy) is 3. The van der Waals surface area contributed by atoms with Crippen LogP contribution >= 0.6 is 0 Å². The molecule has 0 unspecified atom stereocenters. The van der Waals surface area contributed by atoms with Crippen molar-refractivity contribution in [3.63, 3.8) is 0 Å². The molecule has 0 aromatic heterocycles. The highest BCUT2D eigenvalue weighted by molar-refractivity contribution is 6.67. The van der Waals surface area contributed by atoms with E-state index in [1.807, 2.05) is 51.1 Å². The van der Waals surface area contributed by atoms with Gasteiger partial charge in [0.05, 0.1) is 11.8 Å². The first-order valence-corrected chi connectivity index (χ1v) is 22.3. The number of methoxy groups -OCH3 is 1. The number of nitrogens with zero attached hydrogens (tertiary/aromatic N) is 1. The molecule has 3 rings (SSSR count). The molecular formula is C40H69N3O8Si. The van der Waals surface area contributed by atoms with Crippen LogP contribution in [0.3, 0.4) is 0 Å². The molecule has 3 amide bonds. The molecule has 2 aliphatic rings. The van der Waals surface area contributed by atoms with Crippen molar-refractivity contribution in [2.45, 2.75) is 148 Å². The maximum Gasteiger partial charge on any atom is 0.356 e. The molecule has 4 N–H and O–H groups in total. The van der Waals surface area contributed by atoms with E-state index in [0.717, 1.165) is 56.9 Å². The molecule has 2 fully saturated rings. The van der Waals surface area contributed by atoms with Gasteiger partial charge in [0.2, 0.25) is 11.8 Å². The predicted molar refractivity (Wildman–Crippen MR) is 205 cm³/mol. The Morgan fingerprint density at radius 2 is 1.60 bits per heavy atom. The molecule has 1 heterocycles. The maximum absolute atomic E-state index is 14.3. The van der Waals surface area contributed by atoms with Crippen molar-refractivity contribution in [3.8, 4) is 0 Å². The number of piperidine rings is 1. The number of amides is 3. The van der Waals surface area contributed by atoms with Gasteiger partial charge in [-0.1, -0.05) is 109 Å². The monoisotopic (exact) mass is 747 g/mol. The average molecular weight is 748 g/mol. The van der Waals surface area contributed by atoms with Gasteiger partial charge < -0.3 is 39.3 Å². The molecule has 296 valence electrons. The van der Waals surface area contributed by atoms with Crippen LogP contribution in [0.1, 0.15) is 117 Å². The minimum absolute atomic E-state index is 0.0146. The number of likely N-dealkylation sites (tertiary alicyclic amines) is 1. The Bertz CT molecular complexity index is 1170. The fraction of sp³-hybridized carbons (Fsp3) is 0.775. The Morgan fingerprint density at radius 1 is 0.923 bits per heavy atom. The number of carbonyl (C=O) groups excluding carboxylic acids is 3. The summed E-state index contributed by atoms with van der Waals surface area (Å²) in [5.74, 6) is -1.22. The lowest BCUT2D eigenvalue weighted by Crippen LogP contribution is -2.61. The van der Waals surface area contributed by atoms with E-state index in [-0.39, 0.29) is 42.6 Å². The van der Waals surface area contributed by atoms with Crippen LogP contribution in [0.5, 0.6) is 0 Å². The molecular weight excluding hydrogens is 679 g/mol. The first-order chi connectivity index (χ1) is 25.0. The number of nitrogens with one attached hydrogen (secondary N) is 2. The molecule has 1 aliphatic heterocycles. The molecule has 0 spiro atoms. The summed E-state index contributed by atoms with van der Waals surface area (Å²) in [4.78, 5) is 67.4. The molecule has 1 aliphatic carbocycles. The summed E-state index contributed by atoms with van der Waals surface area (Å²) in [7, 11) is -2.61. The maximum atomic E-state index is 14.3. The van der Waals surface area contributed by atoms with Crippen LogP contribution in [0.2, 0.25) is 6.04 Å². The highest BCUT2D eigenvalue weighted by atomic mass is 28.4. The predicted octanol–water partition coefficient (Wildman–Crippen LogP) is 5.39. The molecule has 1 saturated carbocycles. The number of carbonyl (C=O) groups is 3. The highest BCUT2D eigenvalue weighted by Gasteiger charge is 2.46. The van der Waals surface area contributed by atoms with Crippen LogP contribution in [0.4, 0.5) is 0 Å². The lowest BCUT2D eigenvalue weighted by molar-refractivity contribution is -0.156. The standard InChI is InChI=1S/C40H69N3O8Si/c1-6-8-20-35(51-36(26-31-16-12-10-13-17-31)40(46)43-24-21-33(22-25-43)50-29-49-5)39(45)42-37(27-32-18-14-11-15-19-32)52(47,48)28-34(30(3)4)38(44)41-23-9-7-2/h10,12-13,16-17,30,32-37,47-48H,6-9,11,14-15,18-29H2,1-5H3,(H,41,44)(H,42,45)/t34-,35+,36+,37-/m1/s1. The van der Waals surface area contributed by atoms with Crippen molar-refractivity contribution in [3.05, 3.63) is 35.9 Å². The molecule has 1 aromatic carbocycles. The van der Waals surface area contributed by atoms with Gasteiger partial charge in [-0.15, -0.1) is 0 Å². The minimum atomic E-state index is -4.20. The van der Waals surface area contributed by atoms with Crippen LogP contribution in [0, 0.1) is 17.8 Å². The Kier molecular flexibility index (Phi) is 19.9. The second kappa shape index (κ2) is 23.4. The second-order valence-corrected chi connectivity index (χ2v) is 18.3. The zero-order valence-electron chi connectivity index (χ0n) is 32.7. The Hall–Kier alpha value is -2.35. The van der Waals surface area contributed by atoms with Gasteiger partial charge in [0.15, 0.2) is 0 Å². The summed E-state index contributed by atoms with van der Waals surface area (Å²) < 4.78 is 17.4. The fourth-order valence-corrected chi connectivity index (χ4v) is 10.2. The topological polar surface area (TPSA) is 147 Å². The molecule has 1 saturated heterocycles. The van der Waals surface area contributed by atoms with Gasteiger partial charge in [0, 0.05) is 45.1 Å². The molecule has 4 atom stereocenters. The molecule has 11 nitrogen and oxygen atoms in total. The second-order valence-electron chi connectivity index (χ2n) is 15.4. The smallest absolute Gasteiger partial charge is 0.356 e. The summed E-state index contributed by atoms with van der Waals surface area (Å²) in [5, 5.41) is 6.06. The van der Waals surface area contributed by atoms with E-state index in [1.165, 1.54) is 0 Å². The fourth-order valence-electron chi connectivity index (χ4n) is 7.48. The molecule has 12 heteroatoms. The van der Waals surface area contributed by atoms with Crippen LogP contribution in [-0.2, 0) is 35.0 Å². The number of hydrogen-bond donors (Lipinski definition) is 4. The van der Waals surface area contributed by atoms with Crippen molar-refractivity contribution >= 4 is 26.3 Å². The summed E-state index contributed by atoms with van der Waals surface area (Å²) in [6, 6.07) is 9.61. The van der Waals surface area contributed by atoms with Crippen LogP contribution in [0.15, 0.2) is 30.3 Å². The summed E-state index contributed by atoms with van der Waals surface area (Å²) in [5.41, 5.74) is 0.0491. The zero-order valence-corrected chi connectivity index (χ0v) is 33.7. The van der Waals surface area contributed by atoms with E-state index in [2.05, 4.69) is 17.6 Å². The van der Waals surface area contributed by atoms with Crippen molar-refractivity contribution in [2.75, 3.05) is 33.5 Å². The van der Waals surface area contributed by atoms with Gasteiger partial charge in [0.25, 0.3) is 5.91 Å². The van der Waals surface area contributed by atoms with Gasteiger partial charge in [-0.05, 0) is 49.5 Å². The Balaban J connectivity index is 1.85. The normalized spacial score (nSPS) is 18.5. The Labute approximate surface area is 314 Å². The lowest BCUT2D eigenvalue weighted by Gasteiger charge is -2.37. The van der Waals surface area contributed by atoms with Gasteiger partial charge in [-0.25, -0.2) is 0 Å². The van der Waals surface area contributed by atoms with Gasteiger partial charge in [-0.3, -0.25) is 14.4 Å². The average Bonchev–Trinajstić information content (AvgIpc) is 3.14. The summed E-state index contributed by atoms with van der Waals surface area (Å²) >= 11 is 0. The van der Waals surface area contributed by atoms with Crippen LogP contribution < -0.4 is 10.6 Å². The zero-order chi connectivity index (χ0) is 37.9. The molecule has 0 radical (unpaired) electrons. The number of benzene rings is 1. The third kappa shape index (κ3) is 14.8. The van der Waals surface area contributed by atoms with E-state index in [9.17, 15) is 24.0 Å². The summed E-state index contributed by atoms with van der Waals surface area (Å²) in [6.45, 7) is 9.75. The van der Waals surface area contributed by atoms with E-state index in [0.29, 0.717) is 58.2 Å².